The van der Waals surface area contributed by atoms with Gasteiger partial charge in [-0.05, 0) is 105 Å². The van der Waals surface area contributed by atoms with Crippen molar-refractivity contribution in [2.24, 2.45) is 0 Å². The van der Waals surface area contributed by atoms with Crippen molar-refractivity contribution >= 4 is 5.78 Å². The zero-order chi connectivity index (χ0) is 24.1. The van der Waals surface area contributed by atoms with E-state index in [1.807, 2.05) is 20.8 Å². The van der Waals surface area contributed by atoms with Gasteiger partial charge in [0.1, 0.15) is 17.1 Å². The van der Waals surface area contributed by atoms with Crippen molar-refractivity contribution < 1.29 is 14.6 Å². The summed E-state index contributed by atoms with van der Waals surface area (Å²) >= 11 is 0. The lowest BCUT2D eigenvalue weighted by molar-refractivity contribution is 0.0466. The normalized spacial score (nSPS) is 18.9. The Morgan fingerprint density at radius 1 is 0.906 bits per heavy atom. The van der Waals surface area contributed by atoms with Crippen molar-refractivity contribution in [3.63, 3.8) is 0 Å². The number of carbonyl (C=O) groups is 1. The molecule has 0 radical (unpaired) electrons. The second kappa shape index (κ2) is 11.0. The largest absolute Gasteiger partial charge is 0.507 e. The molecular weight excluding hydrogens is 396 g/mol. The predicted molar refractivity (Wildman–Crippen MR) is 135 cm³/mol. The van der Waals surface area contributed by atoms with E-state index < -0.39 is 5.60 Å². The van der Waals surface area contributed by atoms with Crippen LogP contribution in [0.1, 0.15) is 107 Å². The lowest BCUT2D eigenvalue weighted by Crippen LogP contribution is -2.39. The van der Waals surface area contributed by atoms with Crippen LogP contribution in [0.25, 0.3) is 0 Å². The van der Waals surface area contributed by atoms with Gasteiger partial charge in [-0.3, -0.25) is 4.79 Å². The van der Waals surface area contributed by atoms with Gasteiger partial charge in [0.2, 0.25) is 0 Å². The number of hydrogen-bond donors (Lipinski definition) is 1. The van der Waals surface area contributed by atoms with Crippen LogP contribution in [-0.4, -0.2) is 16.5 Å². The number of phenols is 1. The predicted octanol–water partition coefficient (Wildman–Crippen LogP) is 8.24. The summed E-state index contributed by atoms with van der Waals surface area (Å²) in [6.07, 6.45) is 13.4. The third kappa shape index (κ3) is 6.60. The Bertz CT molecular complexity index is 942. The summed E-state index contributed by atoms with van der Waals surface area (Å²) in [4.78, 5) is 12.9. The quantitative estimate of drug-likeness (QED) is 0.395. The van der Waals surface area contributed by atoms with E-state index in [-0.39, 0.29) is 11.5 Å². The van der Waals surface area contributed by atoms with Gasteiger partial charge in [-0.15, -0.1) is 0 Å². The molecule has 1 aliphatic rings. The van der Waals surface area contributed by atoms with Crippen molar-refractivity contribution in [3.05, 3.63) is 57.2 Å². The third-order valence-electron chi connectivity index (χ3n) is 6.67. The Hall–Kier alpha value is -2.29. The van der Waals surface area contributed by atoms with Crippen LogP contribution in [-0.2, 0) is 0 Å². The van der Waals surface area contributed by atoms with Crippen molar-refractivity contribution in [2.45, 2.75) is 106 Å². The summed E-state index contributed by atoms with van der Waals surface area (Å²) in [6, 6.07) is 0. The highest BCUT2D eigenvalue weighted by Crippen LogP contribution is 2.44. The van der Waals surface area contributed by atoms with Crippen molar-refractivity contribution in [1.82, 2.24) is 0 Å². The maximum absolute atomic E-state index is 12.9. The van der Waals surface area contributed by atoms with Gasteiger partial charge in [0.15, 0.2) is 5.78 Å². The standard InChI is InChI=1S/C29H42O3/c1-19(2)12-9-13-20(3)14-10-15-21(4)16-11-17-29(8)18-25(30)26-24(7)27(31)22(5)23(6)28(26)32-29/h12,14,16,31H,9-11,13,15,17-18H2,1-8H3/b20-14+,21-16+/t29-/m1/s1. The first-order chi connectivity index (χ1) is 14.9. The first kappa shape index (κ1) is 26.0. The van der Waals surface area contributed by atoms with E-state index in [1.54, 1.807) is 6.92 Å². The molecule has 0 spiro atoms. The molecule has 3 nitrogen and oxygen atoms in total. The van der Waals surface area contributed by atoms with Gasteiger partial charge in [0.05, 0.1) is 12.0 Å². The lowest BCUT2D eigenvalue weighted by atomic mass is 9.84. The summed E-state index contributed by atoms with van der Waals surface area (Å²) in [6.45, 7) is 16.3. The molecule has 0 amide bonds. The molecule has 0 saturated carbocycles. The number of hydrogen-bond acceptors (Lipinski definition) is 3. The molecule has 1 atom stereocenters. The van der Waals surface area contributed by atoms with Crippen LogP contribution in [0.5, 0.6) is 11.5 Å². The van der Waals surface area contributed by atoms with E-state index >= 15 is 0 Å². The van der Waals surface area contributed by atoms with E-state index in [0.29, 0.717) is 23.3 Å². The van der Waals surface area contributed by atoms with E-state index in [1.165, 1.54) is 16.7 Å². The van der Waals surface area contributed by atoms with Crippen LogP contribution in [0.3, 0.4) is 0 Å². The molecular formula is C29H42O3. The smallest absolute Gasteiger partial charge is 0.170 e. The van der Waals surface area contributed by atoms with Gasteiger partial charge in [-0.25, -0.2) is 0 Å². The second-order valence-corrected chi connectivity index (χ2v) is 10.1. The van der Waals surface area contributed by atoms with Gasteiger partial charge >= 0.3 is 0 Å². The maximum atomic E-state index is 12.9. The van der Waals surface area contributed by atoms with Gasteiger partial charge in [0.25, 0.3) is 0 Å². The van der Waals surface area contributed by atoms with Crippen LogP contribution in [0.15, 0.2) is 34.9 Å². The fourth-order valence-electron chi connectivity index (χ4n) is 4.38. The van der Waals surface area contributed by atoms with Crippen molar-refractivity contribution in [1.29, 1.82) is 0 Å². The zero-order valence-electron chi connectivity index (χ0n) is 21.4. The number of fused-ring (bicyclic) bond motifs is 1. The number of benzene rings is 1. The van der Waals surface area contributed by atoms with Gasteiger partial charge < -0.3 is 9.84 Å². The molecule has 0 aliphatic carbocycles. The van der Waals surface area contributed by atoms with Gasteiger partial charge in [-0.1, -0.05) is 34.9 Å². The molecule has 1 aliphatic heterocycles. The number of ketones is 1. The molecule has 0 fully saturated rings. The van der Waals surface area contributed by atoms with E-state index in [9.17, 15) is 9.90 Å². The Morgan fingerprint density at radius 2 is 1.47 bits per heavy atom. The number of Topliss-reactive ketones (excluding diaryl/α,β-unsaturated/α-hetero) is 1. The van der Waals surface area contributed by atoms with Crippen LogP contribution in [0, 0.1) is 20.8 Å². The fraction of sp³-hybridized carbons (Fsp3) is 0.552. The third-order valence-corrected chi connectivity index (χ3v) is 6.67. The Kier molecular flexibility index (Phi) is 8.95. The van der Waals surface area contributed by atoms with Crippen LogP contribution in [0.2, 0.25) is 0 Å². The molecule has 1 N–H and O–H groups in total. The Morgan fingerprint density at radius 3 is 2.06 bits per heavy atom. The summed E-state index contributed by atoms with van der Waals surface area (Å²) < 4.78 is 6.41. The molecule has 1 heterocycles. The van der Waals surface area contributed by atoms with E-state index in [2.05, 4.69) is 45.9 Å². The fourth-order valence-corrected chi connectivity index (χ4v) is 4.38. The number of phenolic OH excluding ortho intramolecular Hbond substituents is 1. The average Bonchev–Trinajstić information content (AvgIpc) is 2.69. The van der Waals surface area contributed by atoms with E-state index in [4.69, 9.17) is 4.74 Å². The van der Waals surface area contributed by atoms with Crippen LogP contribution >= 0.6 is 0 Å². The maximum Gasteiger partial charge on any atom is 0.170 e. The minimum Gasteiger partial charge on any atom is -0.507 e. The molecule has 0 bridgehead atoms. The first-order valence-corrected chi connectivity index (χ1v) is 11.9. The lowest BCUT2D eigenvalue weighted by Gasteiger charge is -2.37. The Balaban J connectivity index is 1.95. The minimum absolute atomic E-state index is 0.0686. The highest BCUT2D eigenvalue weighted by Gasteiger charge is 2.38. The van der Waals surface area contributed by atoms with Crippen molar-refractivity contribution in [2.75, 3.05) is 0 Å². The van der Waals surface area contributed by atoms with Gasteiger partial charge in [-0.2, -0.15) is 0 Å². The van der Waals surface area contributed by atoms with Crippen molar-refractivity contribution in [3.8, 4) is 11.5 Å². The molecule has 0 saturated heterocycles. The molecule has 0 aromatic heterocycles. The number of ether oxygens (including phenoxy) is 1. The minimum atomic E-state index is -0.511. The van der Waals surface area contributed by atoms with Crippen LogP contribution < -0.4 is 4.74 Å². The second-order valence-electron chi connectivity index (χ2n) is 10.1. The average molecular weight is 439 g/mol. The summed E-state index contributed by atoms with van der Waals surface area (Å²) in [5, 5.41) is 10.3. The summed E-state index contributed by atoms with van der Waals surface area (Å²) in [5.74, 6) is 0.937. The van der Waals surface area contributed by atoms with Crippen LogP contribution in [0.4, 0.5) is 0 Å². The number of aromatic hydroxyl groups is 1. The summed E-state index contributed by atoms with van der Waals surface area (Å²) in [7, 11) is 0. The topological polar surface area (TPSA) is 46.5 Å². The molecule has 2 rings (SSSR count). The molecule has 1 aromatic carbocycles. The number of rotatable bonds is 9. The molecule has 3 heteroatoms. The van der Waals surface area contributed by atoms with Gasteiger partial charge in [0, 0.05) is 5.56 Å². The highest BCUT2D eigenvalue weighted by molar-refractivity contribution is 6.03. The Labute approximate surface area is 195 Å². The monoisotopic (exact) mass is 438 g/mol. The first-order valence-electron chi connectivity index (χ1n) is 11.9. The molecule has 1 aromatic rings. The zero-order valence-corrected chi connectivity index (χ0v) is 21.4. The van der Waals surface area contributed by atoms with E-state index in [0.717, 1.165) is 49.7 Å². The molecule has 176 valence electrons. The summed E-state index contributed by atoms with van der Waals surface area (Å²) in [5.41, 5.74) is 6.56. The number of carbonyl (C=O) groups excluding carboxylic acids is 1. The molecule has 32 heavy (non-hydrogen) atoms. The molecule has 0 unspecified atom stereocenters. The number of allylic oxidation sites excluding steroid dienone is 6. The highest BCUT2D eigenvalue weighted by atomic mass is 16.5. The SMILES string of the molecule is CC(C)=CCC/C(C)=C/CC/C(C)=C/CC[C@]1(C)CC(=O)c2c(C)c(O)c(C)c(C)c2O1.